The number of hydrogen-bond acceptors (Lipinski definition) is 3. The number of nitrogens with one attached hydrogen (secondary N) is 1. The normalized spacial score (nSPS) is 14.9. The molecule has 0 bridgehead atoms. The molecular weight excluding hydrogens is 256 g/mol. The summed E-state index contributed by atoms with van der Waals surface area (Å²) in [6, 6.07) is -0.190. The van der Waals surface area contributed by atoms with E-state index in [-0.39, 0.29) is 30.0 Å². The number of carbonyl (C=O) groups is 2. The molecule has 0 saturated heterocycles. The van der Waals surface area contributed by atoms with Gasteiger partial charge in [0.1, 0.15) is 0 Å². The van der Waals surface area contributed by atoms with Gasteiger partial charge in [-0.2, -0.15) is 0 Å². The zero-order valence-electron chi connectivity index (χ0n) is 13.7. The van der Waals surface area contributed by atoms with Gasteiger partial charge in [-0.05, 0) is 41.0 Å². The average Bonchev–Trinajstić information content (AvgIpc) is 2.26. The number of amides is 1. The Morgan fingerprint density at radius 2 is 1.80 bits per heavy atom. The standard InChI is InChI=1S/C15H30N2O3/c1-7-8-11(2)16-14(20)12(3)17(15(4,5)6)10-9-13(18)19/h11-12H,7-10H2,1-6H3,(H,16,20)(H,18,19). The molecule has 0 rings (SSSR count). The fourth-order valence-corrected chi connectivity index (χ4v) is 2.34. The zero-order valence-corrected chi connectivity index (χ0v) is 13.7. The first-order valence-corrected chi connectivity index (χ1v) is 7.38. The maximum absolute atomic E-state index is 12.3. The van der Waals surface area contributed by atoms with Gasteiger partial charge in [0.25, 0.3) is 0 Å². The van der Waals surface area contributed by atoms with Gasteiger partial charge in [0.05, 0.1) is 12.5 Å². The van der Waals surface area contributed by atoms with Crippen LogP contribution < -0.4 is 5.32 Å². The molecule has 5 nitrogen and oxygen atoms in total. The summed E-state index contributed by atoms with van der Waals surface area (Å²) in [5, 5.41) is 11.8. The Labute approximate surface area is 122 Å². The molecule has 0 radical (unpaired) electrons. The lowest BCUT2D eigenvalue weighted by molar-refractivity contribution is -0.139. The summed E-state index contributed by atoms with van der Waals surface area (Å²) in [5.74, 6) is -0.877. The molecule has 0 saturated carbocycles. The van der Waals surface area contributed by atoms with Crippen molar-refractivity contribution in [3.8, 4) is 0 Å². The second-order valence-corrected chi connectivity index (χ2v) is 6.38. The van der Waals surface area contributed by atoms with E-state index in [1.807, 2.05) is 39.5 Å². The van der Waals surface area contributed by atoms with Crippen molar-refractivity contribution in [1.29, 1.82) is 0 Å². The van der Waals surface area contributed by atoms with E-state index in [1.165, 1.54) is 0 Å². The summed E-state index contributed by atoms with van der Waals surface area (Å²) in [4.78, 5) is 25.0. The van der Waals surface area contributed by atoms with Crippen LogP contribution in [0.4, 0.5) is 0 Å². The van der Waals surface area contributed by atoms with E-state index in [0.29, 0.717) is 6.54 Å². The van der Waals surface area contributed by atoms with E-state index >= 15 is 0 Å². The minimum absolute atomic E-state index is 0.0359. The van der Waals surface area contributed by atoms with Crippen molar-refractivity contribution in [2.45, 2.75) is 78.4 Å². The van der Waals surface area contributed by atoms with Gasteiger partial charge in [0.15, 0.2) is 0 Å². The molecule has 2 unspecified atom stereocenters. The van der Waals surface area contributed by atoms with E-state index in [1.54, 1.807) is 0 Å². The predicted octanol–water partition coefficient (Wildman–Crippen LogP) is 2.25. The second-order valence-electron chi connectivity index (χ2n) is 6.38. The van der Waals surface area contributed by atoms with E-state index in [9.17, 15) is 9.59 Å². The Bertz CT molecular complexity index is 324. The molecule has 2 atom stereocenters. The van der Waals surface area contributed by atoms with Gasteiger partial charge in [-0.25, -0.2) is 0 Å². The Balaban J connectivity index is 4.72. The maximum atomic E-state index is 12.3. The first kappa shape index (κ1) is 18.9. The van der Waals surface area contributed by atoms with Gasteiger partial charge in [0.2, 0.25) is 5.91 Å². The molecule has 0 aliphatic heterocycles. The molecule has 0 heterocycles. The molecule has 20 heavy (non-hydrogen) atoms. The third kappa shape index (κ3) is 6.89. The summed E-state index contributed by atoms with van der Waals surface area (Å²) >= 11 is 0. The molecule has 0 fully saturated rings. The van der Waals surface area contributed by atoms with Crippen LogP contribution in [-0.2, 0) is 9.59 Å². The monoisotopic (exact) mass is 286 g/mol. The molecule has 0 aromatic heterocycles. The van der Waals surface area contributed by atoms with E-state index in [2.05, 4.69) is 12.2 Å². The van der Waals surface area contributed by atoms with Crippen LogP contribution in [0.25, 0.3) is 0 Å². The molecule has 0 aromatic carbocycles. The predicted molar refractivity (Wildman–Crippen MR) is 80.7 cm³/mol. The van der Waals surface area contributed by atoms with Crippen molar-refractivity contribution in [1.82, 2.24) is 10.2 Å². The molecule has 0 spiro atoms. The Morgan fingerprint density at radius 1 is 1.25 bits per heavy atom. The van der Waals surface area contributed by atoms with Crippen molar-refractivity contribution < 1.29 is 14.7 Å². The van der Waals surface area contributed by atoms with Crippen LogP contribution in [0.1, 0.15) is 60.8 Å². The number of carbonyl (C=O) groups excluding carboxylic acids is 1. The molecular formula is C15H30N2O3. The number of carboxylic acid groups (broad SMARTS) is 1. The Hall–Kier alpha value is -1.10. The van der Waals surface area contributed by atoms with Gasteiger partial charge in [-0.1, -0.05) is 13.3 Å². The van der Waals surface area contributed by atoms with Crippen LogP contribution in [0.2, 0.25) is 0 Å². The topological polar surface area (TPSA) is 69.6 Å². The molecule has 1 amide bonds. The van der Waals surface area contributed by atoms with E-state index in [4.69, 9.17) is 5.11 Å². The first-order chi connectivity index (χ1) is 9.09. The highest BCUT2D eigenvalue weighted by atomic mass is 16.4. The minimum atomic E-state index is -0.841. The molecule has 118 valence electrons. The fourth-order valence-electron chi connectivity index (χ4n) is 2.34. The van der Waals surface area contributed by atoms with Crippen molar-refractivity contribution >= 4 is 11.9 Å². The average molecular weight is 286 g/mol. The van der Waals surface area contributed by atoms with E-state index in [0.717, 1.165) is 12.8 Å². The van der Waals surface area contributed by atoms with Crippen LogP contribution in [-0.4, -0.2) is 46.1 Å². The Kier molecular flexibility index (Phi) is 7.79. The van der Waals surface area contributed by atoms with Crippen molar-refractivity contribution in [3.05, 3.63) is 0 Å². The quantitative estimate of drug-likeness (QED) is 0.718. The smallest absolute Gasteiger partial charge is 0.304 e. The third-order valence-electron chi connectivity index (χ3n) is 3.39. The molecule has 0 aliphatic carbocycles. The Morgan fingerprint density at radius 3 is 2.20 bits per heavy atom. The summed E-state index contributed by atoms with van der Waals surface area (Å²) in [5.41, 5.74) is -0.250. The second kappa shape index (κ2) is 8.25. The number of carboxylic acids is 1. The highest BCUT2D eigenvalue weighted by Crippen LogP contribution is 2.18. The van der Waals surface area contributed by atoms with Crippen LogP contribution in [0.15, 0.2) is 0 Å². The summed E-state index contributed by atoms with van der Waals surface area (Å²) in [7, 11) is 0. The number of aliphatic carboxylic acids is 1. The lowest BCUT2D eigenvalue weighted by atomic mass is 10.0. The molecule has 0 aliphatic rings. The number of nitrogens with zero attached hydrogens (tertiary/aromatic N) is 1. The summed E-state index contributed by atoms with van der Waals surface area (Å²) in [6.45, 7) is 12.3. The molecule has 5 heteroatoms. The van der Waals surface area contributed by atoms with Crippen molar-refractivity contribution in [2.75, 3.05) is 6.54 Å². The zero-order chi connectivity index (χ0) is 15.9. The minimum Gasteiger partial charge on any atom is -0.481 e. The SMILES string of the molecule is CCCC(C)NC(=O)C(C)N(CCC(=O)O)C(C)(C)C. The lowest BCUT2D eigenvalue weighted by Crippen LogP contribution is -2.54. The molecule has 0 aromatic rings. The van der Waals surface area contributed by atoms with Crippen LogP contribution in [0.3, 0.4) is 0 Å². The van der Waals surface area contributed by atoms with Gasteiger partial charge >= 0.3 is 5.97 Å². The van der Waals surface area contributed by atoms with Crippen molar-refractivity contribution in [3.63, 3.8) is 0 Å². The largest absolute Gasteiger partial charge is 0.481 e. The van der Waals surface area contributed by atoms with Crippen LogP contribution >= 0.6 is 0 Å². The van der Waals surface area contributed by atoms with Crippen molar-refractivity contribution in [2.24, 2.45) is 0 Å². The van der Waals surface area contributed by atoms with Crippen LogP contribution in [0, 0.1) is 0 Å². The van der Waals surface area contributed by atoms with Gasteiger partial charge in [-0.15, -0.1) is 0 Å². The maximum Gasteiger partial charge on any atom is 0.304 e. The summed E-state index contributed by atoms with van der Waals surface area (Å²) in [6.07, 6.45) is 2.01. The summed E-state index contributed by atoms with van der Waals surface area (Å²) < 4.78 is 0. The van der Waals surface area contributed by atoms with Gasteiger partial charge < -0.3 is 10.4 Å². The number of rotatable bonds is 8. The lowest BCUT2D eigenvalue weighted by Gasteiger charge is -2.39. The van der Waals surface area contributed by atoms with Gasteiger partial charge in [-0.3, -0.25) is 14.5 Å². The highest BCUT2D eigenvalue weighted by Gasteiger charge is 2.31. The third-order valence-corrected chi connectivity index (χ3v) is 3.39. The van der Waals surface area contributed by atoms with Crippen LogP contribution in [0.5, 0.6) is 0 Å². The number of hydrogen-bond donors (Lipinski definition) is 2. The highest BCUT2D eigenvalue weighted by molar-refractivity contribution is 5.81. The molecule has 2 N–H and O–H groups in total. The fraction of sp³-hybridized carbons (Fsp3) is 0.867. The first-order valence-electron chi connectivity index (χ1n) is 7.38. The van der Waals surface area contributed by atoms with E-state index < -0.39 is 5.97 Å². The van der Waals surface area contributed by atoms with Gasteiger partial charge in [0, 0.05) is 18.1 Å².